The van der Waals surface area contributed by atoms with Crippen LogP contribution in [0.1, 0.15) is 5.56 Å². The second-order valence-corrected chi connectivity index (χ2v) is 7.96. The maximum absolute atomic E-state index is 10.1. The van der Waals surface area contributed by atoms with Gasteiger partial charge in [-0.3, -0.25) is 0 Å². The van der Waals surface area contributed by atoms with E-state index in [2.05, 4.69) is 25.6 Å². The van der Waals surface area contributed by atoms with Crippen molar-refractivity contribution in [1.82, 2.24) is 24.5 Å². The minimum atomic E-state index is -0.224. The Hall–Kier alpha value is -4.57. The Labute approximate surface area is 204 Å². The van der Waals surface area contributed by atoms with Crippen LogP contribution in [0.2, 0.25) is 5.02 Å². The highest BCUT2D eigenvalue weighted by atomic mass is 35.5. The number of aromatic hydroxyl groups is 2. The molecule has 10 nitrogen and oxygen atoms in total. The number of fused-ring (bicyclic) bond motifs is 1. The van der Waals surface area contributed by atoms with Gasteiger partial charge in [-0.05, 0) is 29.8 Å². The van der Waals surface area contributed by atoms with Gasteiger partial charge in [0.05, 0.1) is 18.1 Å². The first-order valence-corrected chi connectivity index (χ1v) is 10.9. The number of methoxy groups -OCH3 is 1. The molecule has 0 amide bonds. The Kier molecular flexibility index (Phi) is 5.94. The summed E-state index contributed by atoms with van der Waals surface area (Å²) >= 11 is 5.99. The summed E-state index contributed by atoms with van der Waals surface area (Å²) in [6.45, 7) is 0.515. The van der Waals surface area contributed by atoms with Gasteiger partial charge in [0, 0.05) is 29.4 Å². The molecule has 0 saturated carbocycles. The lowest BCUT2D eigenvalue weighted by atomic mass is 10.2. The van der Waals surface area contributed by atoms with Crippen molar-refractivity contribution in [3.05, 3.63) is 77.6 Å². The number of aromatic nitrogens is 5. The van der Waals surface area contributed by atoms with Crippen molar-refractivity contribution >= 4 is 40.2 Å². The van der Waals surface area contributed by atoms with Gasteiger partial charge < -0.3 is 25.6 Å². The molecule has 0 bridgehead atoms. The molecule has 3 aromatic carbocycles. The summed E-state index contributed by atoms with van der Waals surface area (Å²) in [4.78, 5) is 17.7. The molecule has 0 fully saturated rings. The van der Waals surface area contributed by atoms with Gasteiger partial charge in [-0.25, -0.2) is 19.5 Å². The van der Waals surface area contributed by atoms with Gasteiger partial charge >= 0.3 is 0 Å². The van der Waals surface area contributed by atoms with Crippen molar-refractivity contribution in [2.24, 2.45) is 0 Å². The topological polar surface area (TPSA) is 130 Å². The summed E-state index contributed by atoms with van der Waals surface area (Å²) in [7, 11) is 1.36. The quantitative estimate of drug-likeness (QED) is 0.258. The minimum absolute atomic E-state index is 0.0202. The lowest BCUT2D eigenvalue weighted by molar-refractivity contribution is 0.345. The van der Waals surface area contributed by atoms with Gasteiger partial charge in [0.15, 0.2) is 11.5 Å². The molecule has 2 aromatic heterocycles. The lowest BCUT2D eigenvalue weighted by Crippen LogP contribution is -2.10. The van der Waals surface area contributed by atoms with Crippen molar-refractivity contribution in [2.75, 3.05) is 17.7 Å². The van der Waals surface area contributed by atoms with Gasteiger partial charge in [-0.15, -0.1) is 0 Å². The molecule has 0 aliphatic heterocycles. The first-order valence-electron chi connectivity index (χ1n) is 10.5. The number of nitrogens with one attached hydrogen (secondary N) is 2. The number of hydrogen-bond donors (Lipinski definition) is 4. The molecule has 5 rings (SSSR count). The van der Waals surface area contributed by atoms with Crippen molar-refractivity contribution in [1.29, 1.82) is 0 Å². The van der Waals surface area contributed by atoms with E-state index in [1.807, 2.05) is 48.5 Å². The average molecular weight is 490 g/mol. The van der Waals surface area contributed by atoms with Crippen molar-refractivity contribution < 1.29 is 14.9 Å². The fraction of sp³-hybridized carbons (Fsp3) is 0.0833. The highest BCUT2D eigenvalue weighted by molar-refractivity contribution is 6.30. The summed E-state index contributed by atoms with van der Waals surface area (Å²) < 4.78 is 6.76. The molecule has 0 spiro atoms. The zero-order valence-electron chi connectivity index (χ0n) is 18.5. The number of imidazole rings is 1. The van der Waals surface area contributed by atoms with Crippen LogP contribution >= 0.6 is 11.6 Å². The van der Waals surface area contributed by atoms with Crippen LogP contribution in [-0.2, 0) is 6.54 Å². The molecule has 0 aliphatic carbocycles. The molecular formula is C24H20ClN7O3. The largest absolute Gasteiger partial charge is 0.504 e. The zero-order chi connectivity index (χ0) is 24.4. The number of nitrogens with zero attached hydrogens (tertiary/aromatic N) is 5. The first-order chi connectivity index (χ1) is 17.0. The highest BCUT2D eigenvalue weighted by Gasteiger charge is 2.16. The van der Waals surface area contributed by atoms with E-state index in [0.717, 1.165) is 16.6 Å². The summed E-state index contributed by atoms with van der Waals surface area (Å²) in [5, 5.41) is 27.1. The molecular weight excluding hydrogens is 470 g/mol. The number of halogens is 1. The van der Waals surface area contributed by atoms with Crippen molar-refractivity contribution in [3.63, 3.8) is 0 Å². The van der Waals surface area contributed by atoms with E-state index < -0.39 is 0 Å². The average Bonchev–Trinajstić information content (AvgIpc) is 3.22. The number of para-hydroxylation sites is 2. The standard InChI is InChI=1S/C24H20ClN7O3/c1-35-21-19(33)10-16(11-20(21)34)29-22-27-13-28-24(31-22)32-18-5-3-2-4-17(18)30-23(32)26-12-14-6-8-15(25)9-7-14/h2-11,13,33-34H,12H2,1H3,(H,26,30)(H,27,28,29,31). The van der Waals surface area contributed by atoms with E-state index in [1.54, 1.807) is 4.57 Å². The number of hydrogen-bond acceptors (Lipinski definition) is 9. The molecule has 0 aliphatic rings. The predicted molar refractivity (Wildman–Crippen MR) is 133 cm³/mol. The van der Waals surface area contributed by atoms with Crippen LogP contribution in [0.25, 0.3) is 17.0 Å². The fourth-order valence-electron chi connectivity index (χ4n) is 3.59. The number of anilines is 3. The van der Waals surface area contributed by atoms with E-state index in [9.17, 15) is 10.2 Å². The van der Waals surface area contributed by atoms with Crippen LogP contribution in [0.3, 0.4) is 0 Å². The van der Waals surface area contributed by atoms with Gasteiger partial charge in [0.25, 0.3) is 0 Å². The number of ether oxygens (including phenoxy) is 1. The summed E-state index contributed by atoms with van der Waals surface area (Å²) in [6.07, 6.45) is 1.37. The third kappa shape index (κ3) is 4.59. The normalized spacial score (nSPS) is 10.9. The summed E-state index contributed by atoms with van der Waals surface area (Å²) in [5.74, 6) is 0.625. The third-order valence-corrected chi connectivity index (χ3v) is 5.45. The first kappa shape index (κ1) is 22.2. The molecule has 176 valence electrons. The maximum atomic E-state index is 10.1. The molecule has 11 heteroatoms. The molecule has 5 aromatic rings. The molecule has 4 N–H and O–H groups in total. The fourth-order valence-corrected chi connectivity index (χ4v) is 3.72. The molecule has 35 heavy (non-hydrogen) atoms. The van der Waals surface area contributed by atoms with Gasteiger partial charge in [0.1, 0.15) is 6.33 Å². The lowest BCUT2D eigenvalue weighted by Gasteiger charge is -2.12. The van der Waals surface area contributed by atoms with Gasteiger partial charge in [-0.1, -0.05) is 35.9 Å². The highest BCUT2D eigenvalue weighted by Crippen LogP contribution is 2.38. The van der Waals surface area contributed by atoms with E-state index >= 15 is 0 Å². The maximum Gasteiger partial charge on any atom is 0.241 e. The number of benzene rings is 3. The number of phenolic OH excluding ortho intramolecular Hbond substituents is 2. The van der Waals surface area contributed by atoms with Crippen LogP contribution in [0.15, 0.2) is 67.0 Å². The smallest absolute Gasteiger partial charge is 0.241 e. The van der Waals surface area contributed by atoms with Crippen molar-refractivity contribution in [2.45, 2.75) is 6.54 Å². The minimum Gasteiger partial charge on any atom is -0.504 e. The Morgan fingerprint density at radius 1 is 0.971 bits per heavy atom. The predicted octanol–water partition coefficient (Wildman–Crippen LogP) is 4.64. The zero-order valence-corrected chi connectivity index (χ0v) is 19.2. The molecule has 0 saturated heterocycles. The Balaban J connectivity index is 1.49. The van der Waals surface area contributed by atoms with Gasteiger partial charge in [-0.2, -0.15) is 4.98 Å². The Bertz CT molecular complexity index is 1480. The molecule has 0 unspecified atom stereocenters. The Morgan fingerprint density at radius 3 is 2.46 bits per heavy atom. The second kappa shape index (κ2) is 9.35. The molecule has 2 heterocycles. The van der Waals surface area contributed by atoms with Crippen molar-refractivity contribution in [3.8, 4) is 23.2 Å². The van der Waals surface area contributed by atoms with E-state index in [0.29, 0.717) is 29.2 Å². The number of rotatable bonds is 7. The monoisotopic (exact) mass is 489 g/mol. The molecule has 0 atom stereocenters. The van der Waals surface area contributed by atoms with Gasteiger partial charge in [0.2, 0.25) is 23.6 Å². The number of phenols is 2. The van der Waals surface area contributed by atoms with E-state index in [-0.39, 0.29) is 23.2 Å². The summed E-state index contributed by atoms with van der Waals surface area (Å²) in [5.41, 5.74) is 2.98. The Morgan fingerprint density at radius 2 is 1.71 bits per heavy atom. The molecule has 0 radical (unpaired) electrons. The van der Waals surface area contributed by atoms with E-state index in [1.165, 1.54) is 25.6 Å². The van der Waals surface area contributed by atoms with Crippen LogP contribution < -0.4 is 15.4 Å². The van der Waals surface area contributed by atoms with Crippen LogP contribution in [0.4, 0.5) is 17.6 Å². The summed E-state index contributed by atoms with van der Waals surface area (Å²) in [6, 6.07) is 18.0. The second-order valence-electron chi connectivity index (χ2n) is 7.52. The van der Waals surface area contributed by atoms with Crippen LogP contribution in [-0.4, -0.2) is 41.8 Å². The SMILES string of the molecule is COc1c(O)cc(Nc2ncnc(-n3c(NCc4ccc(Cl)cc4)nc4ccccc43)n2)cc1O. The third-order valence-electron chi connectivity index (χ3n) is 5.19. The van der Waals surface area contributed by atoms with E-state index in [4.69, 9.17) is 21.3 Å². The van der Waals surface area contributed by atoms with Crippen LogP contribution in [0.5, 0.6) is 17.2 Å². The van der Waals surface area contributed by atoms with Crippen LogP contribution in [0, 0.1) is 0 Å².